The van der Waals surface area contributed by atoms with E-state index in [4.69, 9.17) is 28.2 Å². The lowest BCUT2D eigenvalue weighted by molar-refractivity contribution is 0.295. The van der Waals surface area contributed by atoms with Gasteiger partial charge in [0.2, 0.25) is 0 Å². The van der Waals surface area contributed by atoms with E-state index < -0.39 is 0 Å². The summed E-state index contributed by atoms with van der Waals surface area (Å²) in [7, 11) is 0. The van der Waals surface area contributed by atoms with Crippen LogP contribution in [-0.4, -0.2) is 35.6 Å². The first-order chi connectivity index (χ1) is 14.5. The van der Waals surface area contributed by atoms with Crippen LogP contribution in [0.1, 0.15) is 38.4 Å². The number of halogens is 2. The highest BCUT2D eigenvalue weighted by atomic mass is 35.5. The summed E-state index contributed by atoms with van der Waals surface area (Å²) in [6, 6.07) is 16.1. The molecule has 5 heteroatoms. The van der Waals surface area contributed by atoms with Crippen molar-refractivity contribution in [3.05, 3.63) is 69.8 Å². The molecule has 0 aliphatic carbocycles. The second kappa shape index (κ2) is 10.8. The number of hydrogen-bond acceptors (Lipinski definition) is 3. The monoisotopic (exact) mass is 441 g/mol. The van der Waals surface area contributed by atoms with Crippen LogP contribution >= 0.6 is 23.2 Å². The quantitative estimate of drug-likeness (QED) is 0.378. The van der Waals surface area contributed by atoms with Crippen molar-refractivity contribution in [2.75, 3.05) is 25.0 Å². The molecule has 2 aromatic carbocycles. The van der Waals surface area contributed by atoms with Crippen molar-refractivity contribution in [3.8, 4) is 0 Å². The Morgan fingerprint density at radius 2 is 1.80 bits per heavy atom. The summed E-state index contributed by atoms with van der Waals surface area (Å²) in [6.07, 6.45) is 5.06. The zero-order chi connectivity index (χ0) is 21.5. The summed E-state index contributed by atoms with van der Waals surface area (Å²) in [6.45, 7) is 9.88. The lowest BCUT2D eigenvalue weighted by Gasteiger charge is -2.22. The molecular formula is C25H29Cl2N3. The van der Waals surface area contributed by atoms with Crippen LogP contribution in [0.25, 0.3) is 23.1 Å². The van der Waals surface area contributed by atoms with Gasteiger partial charge in [0.1, 0.15) is 0 Å². The molecule has 0 spiro atoms. The van der Waals surface area contributed by atoms with E-state index in [2.05, 4.69) is 37.1 Å². The normalized spacial score (nSPS) is 12.7. The van der Waals surface area contributed by atoms with Crippen molar-refractivity contribution < 1.29 is 0 Å². The van der Waals surface area contributed by atoms with Crippen LogP contribution in [0.5, 0.6) is 0 Å². The molecule has 0 radical (unpaired) electrons. The number of aromatic nitrogens is 1. The molecule has 3 aromatic rings. The Hall–Kier alpha value is -2.07. The minimum Gasteiger partial charge on any atom is -0.382 e. The Bertz CT molecular complexity index is 1010. The van der Waals surface area contributed by atoms with Crippen LogP contribution in [0.4, 0.5) is 5.69 Å². The molecular weight excluding hydrogens is 413 g/mol. The number of hydrogen-bond donors (Lipinski definition) is 1. The van der Waals surface area contributed by atoms with Crippen molar-refractivity contribution >= 4 is 51.9 Å². The molecule has 0 aliphatic rings. The van der Waals surface area contributed by atoms with Gasteiger partial charge in [-0.1, -0.05) is 61.3 Å². The van der Waals surface area contributed by atoms with Gasteiger partial charge in [0.25, 0.3) is 0 Å². The van der Waals surface area contributed by atoms with E-state index in [-0.39, 0.29) is 0 Å². The molecule has 0 saturated heterocycles. The number of pyridine rings is 1. The highest BCUT2D eigenvalue weighted by Gasteiger charge is 2.10. The van der Waals surface area contributed by atoms with E-state index in [0.717, 1.165) is 58.9 Å². The van der Waals surface area contributed by atoms with Crippen molar-refractivity contribution in [2.24, 2.45) is 0 Å². The number of nitrogens with one attached hydrogen (secondary N) is 1. The molecule has 3 rings (SSSR count). The first-order valence-electron chi connectivity index (χ1n) is 10.5. The number of nitrogens with zero attached hydrogens (tertiary/aromatic N) is 2. The highest BCUT2D eigenvalue weighted by molar-refractivity contribution is 6.32. The average Bonchev–Trinajstić information content (AvgIpc) is 2.73. The molecule has 0 bridgehead atoms. The van der Waals surface area contributed by atoms with Gasteiger partial charge in [-0.2, -0.15) is 0 Å². The minimum atomic E-state index is 0.340. The zero-order valence-corrected chi connectivity index (χ0v) is 19.3. The summed E-state index contributed by atoms with van der Waals surface area (Å²) in [5.74, 6) is 0. The second-order valence-corrected chi connectivity index (χ2v) is 8.32. The van der Waals surface area contributed by atoms with Crippen molar-refractivity contribution in [3.63, 3.8) is 0 Å². The molecule has 30 heavy (non-hydrogen) atoms. The molecule has 1 aromatic heterocycles. The first-order valence-corrected chi connectivity index (χ1v) is 11.3. The fourth-order valence-electron chi connectivity index (χ4n) is 3.47. The van der Waals surface area contributed by atoms with Crippen molar-refractivity contribution in [1.82, 2.24) is 9.88 Å². The van der Waals surface area contributed by atoms with Gasteiger partial charge >= 0.3 is 0 Å². The Morgan fingerprint density at radius 1 is 1.03 bits per heavy atom. The maximum Gasteiger partial charge on any atom is 0.0744 e. The average molecular weight is 442 g/mol. The van der Waals surface area contributed by atoms with Gasteiger partial charge in [-0.05, 0) is 68.4 Å². The highest BCUT2D eigenvalue weighted by Crippen LogP contribution is 2.28. The summed E-state index contributed by atoms with van der Waals surface area (Å²) in [4.78, 5) is 7.23. The Labute approximate surface area is 189 Å². The number of benzene rings is 2. The van der Waals surface area contributed by atoms with Crippen LogP contribution in [-0.2, 0) is 0 Å². The summed E-state index contributed by atoms with van der Waals surface area (Å²) in [5.41, 5.74) is 3.78. The molecule has 0 saturated carbocycles. The van der Waals surface area contributed by atoms with Crippen LogP contribution in [0.15, 0.2) is 48.5 Å². The third-order valence-corrected chi connectivity index (χ3v) is 5.88. The van der Waals surface area contributed by atoms with E-state index in [1.807, 2.05) is 54.6 Å². The standard InChI is InChI=1S/C25H29Cl2N3/c1-4-30(5-2)15-14-18(3)28-25-17-21(12-10-19-8-6-7-9-23(19)27)29-24-16-20(26)11-13-22(24)25/h6-13,16-18H,4-5,14-15H2,1-3H3,(H,28,29). The summed E-state index contributed by atoms with van der Waals surface area (Å²) < 4.78 is 0. The van der Waals surface area contributed by atoms with E-state index in [9.17, 15) is 0 Å². The van der Waals surface area contributed by atoms with Crippen molar-refractivity contribution in [1.29, 1.82) is 0 Å². The lowest BCUT2D eigenvalue weighted by Crippen LogP contribution is -2.28. The van der Waals surface area contributed by atoms with Gasteiger partial charge < -0.3 is 10.2 Å². The third-order valence-electron chi connectivity index (χ3n) is 5.31. The molecule has 1 heterocycles. The second-order valence-electron chi connectivity index (χ2n) is 7.47. The Kier molecular flexibility index (Phi) is 8.15. The van der Waals surface area contributed by atoms with E-state index in [0.29, 0.717) is 11.1 Å². The SMILES string of the molecule is CCN(CC)CCC(C)Nc1cc(C=Cc2ccccc2Cl)nc2cc(Cl)ccc12. The smallest absolute Gasteiger partial charge is 0.0744 e. The van der Waals surface area contributed by atoms with Gasteiger partial charge in [-0.25, -0.2) is 4.98 Å². The van der Waals surface area contributed by atoms with E-state index in [1.54, 1.807) is 0 Å². The van der Waals surface area contributed by atoms with Crippen LogP contribution in [0.2, 0.25) is 10.0 Å². The molecule has 0 amide bonds. The van der Waals surface area contributed by atoms with Gasteiger partial charge in [-0.3, -0.25) is 0 Å². The Balaban J connectivity index is 1.88. The maximum absolute atomic E-state index is 6.29. The van der Waals surface area contributed by atoms with Crippen molar-refractivity contribution in [2.45, 2.75) is 33.2 Å². The molecule has 1 atom stereocenters. The molecule has 158 valence electrons. The van der Waals surface area contributed by atoms with Crippen LogP contribution < -0.4 is 5.32 Å². The lowest BCUT2D eigenvalue weighted by atomic mass is 10.1. The third kappa shape index (κ3) is 5.98. The topological polar surface area (TPSA) is 28.2 Å². The maximum atomic E-state index is 6.29. The molecule has 0 aliphatic heterocycles. The van der Waals surface area contributed by atoms with Gasteiger partial charge in [0, 0.05) is 33.7 Å². The van der Waals surface area contributed by atoms with Gasteiger partial charge in [0.15, 0.2) is 0 Å². The fourth-order valence-corrected chi connectivity index (χ4v) is 3.83. The number of anilines is 1. The molecule has 1 N–H and O–H groups in total. The Morgan fingerprint density at radius 3 is 2.53 bits per heavy atom. The molecule has 3 nitrogen and oxygen atoms in total. The minimum absolute atomic E-state index is 0.340. The fraction of sp³-hybridized carbons (Fsp3) is 0.320. The zero-order valence-electron chi connectivity index (χ0n) is 17.8. The predicted octanol–water partition coefficient (Wildman–Crippen LogP) is 7.24. The number of fused-ring (bicyclic) bond motifs is 1. The van der Waals surface area contributed by atoms with Gasteiger partial charge in [-0.15, -0.1) is 0 Å². The van der Waals surface area contributed by atoms with Crippen LogP contribution in [0.3, 0.4) is 0 Å². The van der Waals surface area contributed by atoms with E-state index in [1.165, 1.54) is 0 Å². The summed E-state index contributed by atoms with van der Waals surface area (Å²) >= 11 is 12.5. The number of rotatable bonds is 9. The van der Waals surface area contributed by atoms with Crippen LogP contribution in [0, 0.1) is 0 Å². The van der Waals surface area contributed by atoms with Gasteiger partial charge in [0.05, 0.1) is 11.2 Å². The van der Waals surface area contributed by atoms with E-state index >= 15 is 0 Å². The predicted molar refractivity (Wildman–Crippen MR) is 133 cm³/mol. The summed E-state index contributed by atoms with van der Waals surface area (Å²) in [5, 5.41) is 6.17. The molecule has 0 fully saturated rings. The first kappa shape index (κ1) is 22.6. The largest absolute Gasteiger partial charge is 0.382 e. The molecule has 1 unspecified atom stereocenters.